The van der Waals surface area contributed by atoms with Crippen LogP contribution in [-0.4, -0.2) is 37.5 Å². The highest BCUT2D eigenvalue weighted by Gasteiger charge is 2.33. The summed E-state index contributed by atoms with van der Waals surface area (Å²) in [6.07, 6.45) is 5.12. The van der Waals surface area contributed by atoms with Crippen LogP contribution in [0.3, 0.4) is 0 Å². The van der Waals surface area contributed by atoms with E-state index in [0.29, 0.717) is 27.2 Å². The molecular weight excluding hydrogens is 496 g/mol. The monoisotopic (exact) mass is 526 g/mol. The molecule has 0 aliphatic carbocycles. The van der Waals surface area contributed by atoms with Crippen molar-refractivity contribution in [3.63, 3.8) is 0 Å². The molecule has 0 radical (unpaired) electrons. The first-order valence-electron chi connectivity index (χ1n) is 12.0. The highest BCUT2D eigenvalue weighted by atomic mass is 32.1. The molecule has 0 saturated carbocycles. The van der Waals surface area contributed by atoms with E-state index in [1.165, 1.54) is 11.3 Å². The van der Waals surface area contributed by atoms with Gasteiger partial charge in [0.2, 0.25) is 0 Å². The van der Waals surface area contributed by atoms with Gasteiger partial charge >= 0.3 is 5.97 Å². The third-order valence-electron chi connectivity index (χ3n) is 5.79. The number of carbonyl (C=O) groups excluding carboxylic acids is 1. The predicted molar refractivity (Wildman–Crippen MR) is 142 cm³/mol. The van der Waals surface area contributed by atoms with Crippen LogP contribution in [0.2, 0.25) is 0 Å². The Kier molecular flexibility index (Phi) is 8.90. The molecule has 0 saturated heterocycles. The Hall–Kier alpha value is -3.01. The standard InChI is InChI=1S/C27H30N2O5S2/c1-4-5-6-13-33-20-11-9-19(10-12-20)24-23(26(31)34-15-14-32-3)18(2)28-27-29(24)25(30)22(36-27)17-21-8-7-16-35-21/h7-12,16-17,24H,4-6,13-15H2,1-3H3/b22-17-. The molecule has 1 atom stereocenters. The highest BCUT2D eigenvalue weighted by molar-refractivity contribution is 7.11. The quantitative estimate of drug-likeness (QED) is 0.278. The predicted octanol–water partition coefficient (Wildman–Crippen LogP) is 4.06. The summed E-state index contributed by atoms with van der Waals surface area (Å²) < 4.78 is 18.5. The van der Waals surface area contributed by atoms with Crippen LogP contribution in [0.4, 0.5) is 0 Å². The van der Waals surface area contributed by atoms with Crippen LogP contribution in [0.5, 0.6) is 5.75 Å². The van der Waals surface area contributed by atoms with Gasteiger partial charge in [-0.15, -0.1) is 11.3 Å². The molecule has 1 aromatic carbocycles. The zero-order valence-corrected chi connectivity index (χ0v) is 22.3. The van der Waals surface area contributed by atoms with Crippen molar-refractivity contribution >= 4 is 34.7 Å². The molecule has 0 bridgehead atoms. The molecule has 7 nitrogen and oxygen atoms in total. The number of esters is 1. The van der Waals surface area contributed by atoms with Crippen LogP contribution in [0.1, 0.15) is 49.6 Å². The van der Waals surface area contributed by atoms with E-state index in [4.69, 9.17) is 14.2 Å². The number of hydrogen-bond acceptors (Lipinski definition) is 8. The number of rotatable bonds is 11. The molecule has 36 heavy (non-hydrogen) atoms. The third kappa shape index (κ3) is 5.86. The Morgan fingerprint density at radius 1 is 1.14 bits per heavy atom. The van der Waals surface area contributed by atoms with Crippen molar-refractivity contribution in [2.24, 2.45) is 4.99 Å². The van der Waals surface area contributed by atoms with Crippen LogP contribution in [0.25, 0.3) is 6.08 Å². The smallest absolute Gasteiger partial charge is 0.338 e. The van der Waals surface area contributed by atoms with Gasteiger partial charge in [-0.3, -0.25) is 9.36 Å². The molecule has 2 aromatic heterocycles. The molecule has 0 fully saturated rings. The van der Waals surface area contributed by atoms with E-state index in [2.05, 4.69) is 11.9 Å². The van der Waals surface area contributed by atoms with Gasteiger partial charge < -0.3 is 14.2 Å². The van der Waals surface area contributed by atoms with Crippen LogP contribution in [0, 0.1) is 0 Å². The summed E-state index contributed by atoms with van der Waals surface area (Å²) in [5, 5.41) is 1.97. The van der Waals surface area contributed by atoms with Crippen molar-refractivity contribution in [3.05, 3.63) is 83.2 Å². The maximum atomic E-state index is 13.6. The van der Waals surface area contributed by atoms with Gasteiger partial charge in [-0.1, -0.05) is 49.3 Å². The van der Waals surface area contributed by atoms with Gasteiger partial charge in [0.1, 0.15) is 12.4 Å². The fraction of sp³-hybridized carbons (Fsp3) is 0.370. The van der Waals surface area contributed by atoms with Gasteiger partial charge in [-0.2, -0.15) is 0 Å². The summed E-state index contributed by atoms with van der Waals surface area (Å²) in [7, 11) is 1.55. The first-order chi connectivity index (χ1) is 17.5. The lowest BCUT2D eigenvalue weighted by molar-refractivity contribution is -0.140. The highest BCUT2D eigenvalue weighted by Crippen LogP contribution is 2.31. The first kappa shape index (κ1) is 26.1. The largest absolute Gasteiger partial charge is 0.494 e. The second-order valence-corrected chi connectivity index (χ2v) is 10.3. The molecule has 0 N–H and O–H groups in total. The topological polar surface area (TPSA) is 79.1 Å². The molecule has 3 heterocycles. The summed E-state index contributed by atoms with van der Waals surface area (Å²) >= 11 is 2.88. The number of allylic oxidation sites excluding steroid dienone is 1. The van der Waals surface area contributed by atoms with E-state index in [-0.39, 0.29) is 18.8 Å². The number of methoxy groups -OCH3 is 1. The summed E-state index contributed by atoms with van der Waals surface area (Å²) in [5.41, 5.74) is 1.48. The number of unbranched alkanes of at least 4 members (excludes halogenated alkanes) is 2. The van der Waals surface area contributed by atoms with Gasteiger partial charge in [-0.05, 0) is 48.6 Å². The number of carbonyl (C=O) groups is 1. The number of nitrogens with zero attached hydrogens (tertiary/aromatic N) is 2. The molecule has 1 unspecified atom stereocenters. The number of thiazole rings is 1. The zero-order chi connectivity index (χ0) is 25.5. The molecule has 1 aliphatic rings. The van der Waals surface area contributed by atoms with Gasteiger partial charge in [0.15, 0.2) is 4.80 Å². The Morgan fingerprint density at radius 2 is 1.94 bits per heavy atom. The van der Waals surface area contributed by atoms with E-state index in [0.717, 1.165) is 35.5 Å². The maximum Gasteiger partial charge on any atom is 0.338 e. The molecule has 3 aromatic rings. The SMILES string of the molecule is CCCCCOc1ccc(C2C(C(=O)OCCOC)=C(C)N=c3s/c(=C\c4cccs4)c(=O)n32)cc1. The van der Waals surface area contributed by atoms with Crippen molar-refractivity contribution < 1.29 is 19.0 Å². The number of ether oxygens (including phenoxy) is 3. The summed E-state index contributed by atoms with van der Waals surface area (Å²) in [4.78, 5) is 32.9. The van der Waals surface area contributed by atoms with E-state index < -0.39 is 12.0 Å². The Morgan fingerprint density at radius 3 is 2.64 bits per heavy atom. The second-order valence-electron chi connectivity index (χ2n) is 8.35. The van der Waals surface area contributed by atoms with Gasteiger partial charge in [0.05, 0.1) is 35.1 Å². The van der Waals surface area contributed by atoms with Crippen molar-refractivity contribution in [1.82, 2.24) is 4.57 Å². The lowest BCUT2D eigenvalue weighted by atomic mass is 9.96. The summed E-state index contributed by atoms with van der Waals surface area (Å²) in [6.45, 7) is 4.99. The molecule has 1 aliphatic heterocycles. The number of hydrogen-bond donors (Lipinski definition) is 0. The van der Waals surface area contributed by atoms with Crippen LogP contribution >= 0.6 is 22.7 Å². The Balaban J connectivity index is 1.75. The number of benzene rings is 1. The van der Waals surface area contributed by atoms with Crippen LogP contribution in [0.15, 0.2) is 62.8 Å². The molecule has 0 spiro atoms. The minimum atomic E-state index is -0.657. The third-order valence-corrected chi connectivity index (χ3v) is 7.59. The van der Waals surface area contributed by atoms with Gasteiger partial charge in [-0.25, -0.2) is 9.79 Å². The van der Waals surface area contributed by atoms with Crippen molar-refractivity contribution in [1.29, 1.82) is 0 Å². The van der Waals surface area contributed by atoms with Gasteiger partial charge in [0, 0.05) is 12.0 Å². The first-order valence-corrected chi connectivity index (χ1v) is 13.7. The Bertz CT molecular complexity index is 1390. The normalized spacial score (nSPS) is 15.5. The fourth-order valence-electron chi connectivity index (χ4n) is 3.98. The molecule has 0 amide bonds. The van der Waals surface area contributed by atoms with Crippen molar-refractivity contribution in [2.45, 2.75) is 39.2 Å². The van der Waals surface area contributed by atoms with E-state index in [1.807, 2.05) is 47.9 Å². The average molecular weight is 527 g/mol. The Labute approximate surface area is 218 Å². The second kappa shape index (κ2) is 12.3. The van der Waals surface area contributed by atoms with Crippen LogP contribution < -0.4 is 19.6 Å². The van der Waals surface area contributed by atoms with E-state index in [9.17, 15) is 9.59 Å². The number of fused-ring (bicyclic) bond motifs is 1. The van der Waals surface area contributed by atoms with E-state index in [1.54, 1.807) is 29.9 Å². The minimum absolute atomic E-state index is 0.117. The number of aromatic nitrogens is 1. The summed E-state index contributed by atoms with van der Waals surface area (Å²) in [5.74, 6) is 0.246. The number of thiophene rings is 1. The molecular formula is C27H30N2O5S2. The lowest BCUT2D eigenvalue weighted by Gasteiger charge is -2.25. The minimum Gasteiger partial charge on any atom is -0.494 e. The van der Waals surface area contributed by atoms with E-state index >= 15 is 0 Å². The lowest BCUT2D eigenvalue weighted by Crippen LogP contribution is -2.40. The van der Waals surface area contributed by atoms with Crippen molar-refractivity contribution in [3.8, 4) is 5.75 Å². The summed E-state index contributed by atoms with van der Waals surface area (Å²) in [6, 6.07) is 10.8. The molecule has 190 valence electrons. The van der Waals surface area contributed by atoms with Gasteiger partial charge in [0.25, 0.3) is 5.56 Å². The fourth-order valence-corrected chi connectivity index (χ4v) is 5.75. The molecule has 9 heteroatoms. The van der Waals surface area contributed by atoms with Crippen molar-refractivity contribution in [2.75, 3.05) is 26.9 Å². The maximum absolute atomic E-state index is 13.6. The van der Waals surface area contributed by atoms with Crippen LogP contribution in [-0.2, 0) is 14.3 Å². The zero-order valence-electron chi connectivity index (χ0n) is 20.7. The molecule has 4 rings (SSSR count). The average Bonchev–Trinajstić information content (AvgIpc) is 3.49.